The zero-order valence-electron chi connectivity index (χ0n) is 21.3. The lowest BCUT2D eigenvalue weighted by molar-refractivity contribution is 0.212. The Morgan fingerprint density at radius 3 is 2.35 bits per heavy atom. The Morgan fingerprint density at radius 1 is 0.941 bits per heavy atom. The first-order valence-electron chi connectivity index (χ1n) is 13.1. The van der Waals surface area contributed by atoms with Crippen molar-refractivity contribution in [1.82, 2.24) is 14.9 Å². The summed E-state index contributed by atoms with van der Waals surface area (Å²) in [5.41, 5.74) is 9.37. The maximum absolute atomic E-state index is 5.27. The van der Waals surface area contributed by atoms with Crippen LogP contribution in [0.25, 0.3) is 11.4 Å². The number of hydrogen-bond donors (Lipinski definition) is 0. The number of hydrogen-bond acceptors (Lipinski definition) is 4. The zero-order chi connectivity index (χ0) is 23.7. The van der Waals surface area contributed by atoms with Gasteiger partial charge in [-0.1, -0.05) is 56.3 Å². The fourth-order valence-corrected chi connectivity index (χ4v) is 5.74. The van der Waals surface area contributed by atoms with Gasteiger partial charge in [0, 0.05) is 42.5 Å². The third kappa shape index (κ3) is 4.24. The van der Waals surface area contributed by atoms with Gasteiger partial charge in [-0.3, -0.25) is 4.90 Å². The monoisotopic (exact) mass is 454 g/mol. The highest BCUT2D eigenvalue weighted by Gasteiger charge is 2.28. The minimum atomic E-state index is 0.459. The van der Waals surface area contributed by atoms with Crippen LogP contribution in [0.1, 0.15) is 72.7 Å². The van der Waals surface area contributed by atoms with Crippen LogP contribution in [0.2, 0.25) is 0 Å². The van der Waals surface area contributed by atoms with Crippen molar-refractivity contribution in [2.45, 2.75) is 71.9 Å². The average Bonchev–Trinajstić information content (AvgIpc) is 2.83. The maximum atomic E-state index is 5.27. The van der Waals surface area contributed by atoms with E-state index in [1.54, 1.807) is 0 Å². The van der Waals surface area contributed by atoms with Crippen LogP contribution in [0, 0.1) is 6.92 Å². The molecule has 0 bridgehead atoms. The van der Waals surface area contributed by atoms with E-state index >= 15 is 0 Å². The highest BCUT2D eigenvalue weighted by molar-refractivity contribution is 5.68. The van der Waals surface area contributed by atoms with Gasteiger partial charge in [0.15, 0.2) is 5.82 Å². The van der Waals surface area contributed by atoms with Gasteiger partial charge < -0.3 is 4.90 Å². The van der Waals surface area contributed by atoms with Crippen molar-refractivity contribution in [2.75, 3.05) is 25.0 Å². The molecule has 34 heavy (non-hydrogen) atoms. The molecule has 0 radical (unpaired) electrons. The third-order valence-electron chi connectivity index (χ3n) is 7.85. The van der Waals surface area contributed by atoms with Gasteiger partial charge in [-0.25, -0.2) is 9.97 Å². The summed E-state index contributed by atoms with van der Waals surface area (Å²) in [7, 11) is 2.28. The van der Waals surface area contributed by atoms with Crippen molar-refractivity contribution in [1.29, 1.82) is 0 Å². The van der Waals surface area contributed by atoms with Gasteiger partial charge in [0.05, 0.1) is 0 Å². The van der Waals surface area contributed by atoms with Crippen molar-refractivity contribution in [3.8, 4) is 11.4 Å². The van der Waals surface area contributed by atoms with E-state index in [1.165, 1.54) is 59.1 Å². The Kier molecular flexibility index (Phi) is 6.69. The second-order valence-electron chi connectivity index (χ2n) is 9.96. The van der Waals surface area contributed by atoms with Gasteiger partial charge >= 0.3 is 0 Å². The molecule has 1 fully saturated rings. The van der Waals surface area contributed by atoms with Crippen LogP contribution >= 0.6 is 0 Å². The summed E-state index contributed by atoms with van der Waals surface area (Å²) in [4.78, 5) is 15.4. The molecule has 0 N–H and O–H groups in total. The second-order valence-corrected chi connectivity index (χ2v) is 9.96. The Balaban J connectivity index is 1.53. The highest BCUT2D eigenvalue weighted by atomic mass is 15.2. The maximum Gasteiger partial charge on any atom is 0.162 e. The Hall–Kier alpha value is -2.72. The van der Waals surface area contributed by atoms with Crippen LogP contribution in [-0.2, 0) is 25.8 Å². The fraction of sp³-hybridized carbons (Fsp3) is 0.467. The number of fused-ring (bicyclic) bond motifs is 1. The molecule has 1 saturated heterocycles. The molecular weight excluding hydrogens is 416 g/mol. The number of nitrogens with zero attached hydrogens (tertiary/aromatic N) is 4. The molecule has 5 rings (SSSR count). The Morgan fingerprint density at radius 2 is 1.68 bits per heavy atom. The largest absolute Gasteiger partial charge is 0.356 e. The van der Waals surface area contributed by atoms with Gasteiger partial charge in [-0.15, -0.1) is 0 Å². The second kappa shape index (κ2) is 9.87. The molecule has 0 saturated carbocycles. The summed E-state index contributed by atoms with van der Waals surface area (Å²) in [6.07, 6.45) is 6.91. The minimum Gasteiger partial charge on any atom is -0.356 e. The van der Waals surface area contributed by atoms with Crippen molar-refractivity contribution >= 4 is 5.82 Å². The molecule has 3 aromatic rings. The molecule has 0 amide bonds. The highest BCUT2D eigenvalue weighted by Crippen LogP contribution is 2.37. The summed E-state index contributed by atoms with van der Waals surface area (Å²) in [5.74, 6) is 2.06. The van der Waals surface area contributed by atoms with E-state index in [0.717, 1.165) is 49.8 Å². The van der Waals surface area contributed by atoms with Crippen molar-refractivity contribution < 1.29 is 0 Å². The van der Waals surface area contributed by atoms with Crippen molar-refractivity contribution in [2.24, 2.45) is 0 Å². The standard InChI is InChI=1S/C30H38N4/c1-5-22-13-9-14-23(6-2)28(22)29-31-21(3)26(30(32-29)34-18-11-19-34)20-33(4)27-17-10-15-24-12-7-8-16-25(24)27/h7-9,12-14,16,27H,5-6,10-11,15,17-20H2,1-4H3/t27-/m0/s1. The Labute approximate surface area is 205 Å². The summed E-state index contributed by atoms with van der Waals surface area (Å²) < 4.78 is 0. The SMILES string of the molecule is CCc1cccc(CC)c1-c1nc(C)c(CN(C)[C@H]2CCCc3ccccc32)c(N2CCC2)n1. The van der Waals surface area contributed by atoms with Gasteiger partial charge in [0.25, 0.3) is 0 Å². The summed E-state index contributed by atoms with van der Waals surface area (Å²) in [5, 5.41) is 0. The van der Waals surface area contributed by atoms with Crippen molar-refractivity contribution in [3.05, 3.63) is 76.0 Å². The third-order valence-corrected chi connectivity index (χ3v) is 7.85. The molecular formula is C30H38N4. The molecule has 1 aromatic heterocycles. The van der Waals surface area contributed by atoms with Gasteiger partial charge in [-0.05, 0) is 74.8 Å². The molecule has 0 spiro atoms. The molecule has 2 heterocycles. The first-order valence-corrected chi connectivity index (χ1v) is 13.1. The van der Waals surface area contributed by atoms with Crippen LogP contribution < -0.4 is 4.90 Å². The van der Waals surface area contributed by atoms with E-state index in [9.17, 15) is 0 Å². The van der Waals surface area contributed by atoms with Crippen LogP contribution in [0.5, 0.6) is 0 Å². The first kappa shape index (κ1) is 23.0. The Bertz CT molecular complexity index is 1140. The molecule has 1 aliphatic heterocycles. The first-order chi connectivity index (χ1) is 16.6. The number of aryl methyl sites for hydroxylation is 4. The molecule has 1 atom stereocenters. The average molecular weight is 455 g/mol. The van der Waals surface area contributed by atoms with Crippen molar-refractivity contribution in [3.63, 3.8) is 0 Å². The van der Waals surface area contributed by atoms with Gasteiger partial charge in [0.2, 0.25) is 0 Å². The van der Waals surface area contributed by atoms with Crippen LogP contribution in [-0.4, -0.2) is 35.0 Å². The predicted molar refractivity (Wildman–Crippen MR) is 141 cm³/mol. The number of anilines is 1. The summed E-state index contributed by atoms with van der Waals surface area (Å²) in [6.45, 7) is 9.71. The predicted octanol–water partition coefficient (Wildman–Crippen LogP) is 6.30. The quantitative estimate of drug-likeness (QED) is 0.420. The lowest BCUT2D eigenvalue weighted by Gasteiger charge is -2.37. The van der Waals surface area contributed by atoms with E-state index in [2.05, 4.69) is 80.1 Å². The lowest BCUT2D eigenvalue weighted by atomic mass is 9.87. The number of rotatable bonds is 7. The molecule has 1 aliphatic carbocycles. The number of aromatic nitrogens is 2. The molecule has 0 unspecified atom stereocenters. The molecule has 178 valence electrons. The lowest BCUT2D eigenvalue weighted by Crippen LogP contribution is -2.39. The summed E-state index contributed by atoms with van der Waals surface area (Å²) >= 11 is 0. The van der Waals surface area contributed by atoms with Gasteiger partial charge in [-0.2, -0.15) is 0 Å². The molecule has 2 aliphatic rings. The molecule has 2 aromatic carbocycles. The van der Waals surface area contributed by atoms with E-state index in [0.29, 0.717) is 6.04 Å². The minimum absolute atomic E-state index is 0.459. The fourth-order valence-electron chi connectivity index (χ4n) is 5.74. The number of benzene rings is 2. The zero-order valence-corrected chi connectivity index (χ0v) is 21.3. The van der Waals surface area contributed by atoms with Crippen LogP contribution in [0.4, 0.5) is 5.82 Å². The van der Waals surface area contributed by atoms with Crippen LogP contribution in [0.15, 0.2) is 42.5 Å². The normalized spacial score (nSPS) is 17.6. The molecule has 4 heteroatoms. The topological polar surface area (TPSA) is 32.3 Å². The van der Waals surface area contributed by atoms with E-state index < -0.39 is 0 Å². The van der Waals surface area contributed by atoms with E-state index in [1.807, 2.05) is 0 Å². The van der Waals surface area contributed by atoms with Gasteiger partial charge in [0.1, 0.15) is 5.82 Å². The van der Waals surface area contributed by atoms with E-state index in [-0.39, 0.29) is 0 Å². The van der Waals surface area contributed by atoms with E-state index in [4.69, 9.17) is 9.97 Å². The molecule has 4 nitrogen and oxygen atoms in total. The smallest absolute Gasteiger partial charge is 0.162 e. The van der Waals surface area contributed by atoms with Crippen LogP contribution in [0.3, 0.4) is 0 Å². The summed E-state index contributed by atoms with van der Waals surface area (Å²) in [6, 6.07) is 16.1.